The molecule has 2 amide bonds. The molecule has 0 radical (unpaired) electrons. The third-order valence-electron chi connectivity index (χ3n) is 6.18. The summed E-state index contributed by atoms with van der Waals surface area (Å²) >= 11 is 0. The summed E-state index contributed by atoms with van der Waals surface area (Å²) in [6.45, 7) is 3.03. The fourth-order valence-electron chi connectivity index (χ4n) is 4.37. The zero-order valence-corrected chi connectivity index (χ0v) is 17.3. The van der Waals surface area contributed by atoms with Crippen LogP contribution in [0.25, 0.3) is 0 Å². The Balaban J connectivity index is 1.33. The number of carbonyl (C=O) groups is 2. The highest BCUT2D eigenvalue weighted by Gasteiger charge is 2.41. The molecule has 0 N–H and O–H groups in total. The first-order valence-electron chi connectivity index (χ1n) is 10.8. The molecule has 6 heteroatoms. The Bertz CT molecular complexity index is 849. The molecule has 2 aliphatic rings. The predicted molar refractivity (Wildman–Crippen MR) is 114 cm³/mol. The second-order valence-electron chi connectivity index (χ2n) is 8.25. The van der Waals surface area contributed by atoms with Gasteiger partial charge in [-0.25, -0.2) is 0 Å². The van der Waals surface area contributed by atoms with Crippen LogP contribution in [0.5, 0.6) is 0 Å². The van der Waals surface area contributed by atoms with Gasteiger partial charge in [-0.3, -0.25) is 14.6 Å². The number of ether oxygens (including phenoxy) is 1. The summed E-state index contributed by atoms with van der Waals surface area (Å²) in [5.74, 6) is 0.332. The van der Waals surface area contributed by atoms with Crippen molar-refractivity contribution in [3.8, 4) is 0 Å². The number of amides is 2. The van der Waals surface area contributed by atoms with E-state index in [9.17, 15) is 9.59 Å². The number of nitrogens with zero attached hydrogens (tertiary/aromatic N) is 3. The van der Waals surface area contributed by atoms with Crippen LogP contribution in [0.3, 0.4) is 0 Å². The van der Waals surface area contributed by atoms with Gasteiger partial charge in [0.1, 0.15) is 0 Å². The van der Waals surface area contributed by atoms with E-state index in [0.29, 0.717) is 45.6 Å². The quantitative estimate of drug-likeness (QED) is 0.765. The Morgan fingerprint density at radius 1 is 1.03 bits per heavy atom. The first-order valence-corrected chi connectivity index (χ1v) is 10.8. The second kappa shape index (κ2) is 9.39. The van der Waals surface area contributed by atoms with Crippen LogP contribution in [-0.2, 0) is 27.3 Å². The van der Waals surface area contributed by atoms with Crippen LogP contribution < -0.4 is 0 Å². The lowest BCUT2D eigenvalue weighted by atomic mass is 9.90. The van der Waals surface area contributed by atoms with E-state index in [0.717, 1.165) is 30.4 Å². The lowest BCUT2D eigenvalue weighted by molar-refractivity contribution is -0.140. The van der Waals surface area contributed by atoms with Crippen molar-refractivity contribution in [2.75, 3.05) is 26.2 Å². The average molecular weight is 408 g/mol. The minimum absolute atomic E-state index is 0.145. The van der Waals surface area contributed by atoms with Gasteiger partial charge >= 0.3 is 0 Å². The first kappa shape index (κ1) is 20.5. The van der Waals surface area contributed by atoms with E-state index in [-0.39, 0.29) is 17.4 Å². The molecule has 0 aliphatic carbocycles. The molecule has 6 nitrogen and oxygen atoms in total. The largest absolute Gasteiger partial charge is 0.372 e. The SMILES string of the molecule is O=C(CCc1ccncc1)N1CCC2(CC1)CN(Cc1ccccc1)C(=O)CCO2. The molecule has 0 bridgehead atoms. The summed E-state index contributed by atoms with van der Waals surface area (Å²) in [6.07, 6.45) is 6.73. The molecule has 2 fully saturated rings. The summed E-state index contributed by atoms with van der Waals surface area (Å²) in [4.78, 5) is 33.2. The molecule has 30 heavy (non-hydrogen) atoms. The molecule has 0 unspecified atom stereocenters. The molecule has 158 valence electrons. The highest BCUT2D eigenvalue weighted by atomic mass is 16.5. The van der Waals surface area contributed by atoms with Gasteiger partial charge in [-0.15, -0.1) is 0 Å². The predicted octanol–water partition coefficient (Wildman–Crippen LogP) is 2.82. The van der Waals surface area contributed by atoms with E-state index < -0.39 is 0 Å². The summed E-state index contributed by atoms with van der Waals surface area (Å²) in [5, 5.41) is 0. The number of hydrogen-bond donors (Lipinski definition) is 0. The fourth-order valence-corrected chi connectivity index (χ4v) is 4.37. The monoisotopic (exact) mass is 407 g/mol. The molecule has 0 atom stereocenters. The van der Waals surface area contributed by atoms with Crippen LogP contribution >= 0.6 is 0 Å². The van der Waals surface area contributed by atoms with E-state index in [1.807, 2.05) is 40.1 Å². The number of benzene rings is 1. The van der Waals surface area contributed by atoms with Crippen molar-refractivity contribution in [1.29, 1.82) is 0 Å². The number of aromatic nitrogens is 1. The summed E-state index contributed by atoms with van der Waals surface area (Å²) in [5.41, 5.74) is 1.92. The number of aryl methyl sites for hydroxylation is 1. The minimum Gasteiger partial charge on any atom is -0.372 e. The van der Waals surface area contributed by atoms with E-state index >= 15 is 0 Å². The normalized spacial score (nSPS) is 19.0. The lowest BCUT2D eigenvalue weighted by Crippen LogP contribution is -2.53. The zero-order chi connectivity index (χ0) is 20.8. The van der Waals surface area contributed by atoms with Crippen molar-refractivity contribution in [3.05, 3.63) is 66.0 Å². The molecule has 4 rings (SSSR count). The van der Waals surface area contributed by atoms with E-state index in [2.05, 4.69) is 17.1 Å². The molecule has 0 saturated carbocycles. The van der Waals surface area contributed by atoms with Crippen molar-refractivity contribution >= 4 is 11.8 Å². The van der Waals surface area contributed by atoms with Gasteiger partial charge in [0.2, 0.25) is 11.8 Å². The zero-order valence-electron chi connectivity index (χ0n) is 17.3. The third-order valence-corrected chi connectivity index (χ3v) is 6.18. The highest BCUT2D eigenvalue weighted by Crippen LogP contribution is 2.31. The molecule has 1 aromatic carbocycles. The Morgan fingerprint density at radius 2 is 1.77 bits per heavy atom. The lowest BCUT2D eigenvalue weighted by Gasteiger charge is -2.42. The van der Waals surface area contributed by atoms with Gasteiger partial charge < -0.3 is 14.5 Å². The van der Waals surface area contributed by atoms with Crippen molar-refractivity contribution in [2.24, 2.45) is 0 Å². The maximum absolute atomic E-state index is 12.7. The van der Waals surface area contributed by atoms with Crippen LogP contribution in [0.4, 0.5) is 0 Å². The molecular weight excluding hydrogens is 378 g/mol. The van der Waals surface area contributed by atoms with Gasteiger partial charge in [0.25, 0.3) is 0 Å². The number of rotatable bonds is 5. The Kier molecular flexibility index (Phi) is 6.43. The molecule has 1 spiro atoms. The number of pyridine rings is 1. The highest BCUT2D eigenvalue weighted by molar-refractivity contribution is 5.77. The number of hydrogen-bond acceptors (Lipinski definition) is 4. The van der Waals surface area contributed by atoms with E-state index in [1.165, 1.54) is 0 Å². The van der Waals surface area contributed by atoms with E-state index in [4.69, 9.17) is 4.74 Å². The summed E-state index contributed by atoms with van der Waals surface area (Å²) < 4.78 is 6.22. The van der Waals surface area contributed by atoms with Crippen molar-refractivity contribution in [1.82, 2.24) is 14.8 Å². The van der Waals surface area contributed by atoms with Crippen LogP contribution in [0, 0.1) is 0 Å². The Hall–Kier alpha value is -2.73. The van der Waals surface area contributed by atoms with Gasteiger partial charge in [0.15, 0.2) is 0 Å². The molecule has 2 aromatic rings. The van der Waals surface area contributed by atoms with Crippen LogP contribution in [0.2, 0.25) is 0 Å². The molecule has 3 heterocycles. The molecular formula is C24H29N3O3. The summed E-state index contributed by atoms with van der Waals surface area (Å²) in [6, 6.07) is 14.0. The topological polar surface area (TPSA) is 62.7 Å². The first-order chi connectivity index (χ1) is 14.6. The van der Waals surface area contributed by atoms with Gasteiger partial charge in [-0.2, -0.15) is 0 Å². The minimum atomic E-state index is -0.344. The van der Waals surface area contributed by atoms with Crippen molar-refractivity contribution in [3.63, 3.8) is 0 Å². The smallest absolute Gasteiger partial charge is 0.225 e. The van der Waals surface area contributed by atoms with Crippen molar-refractivity contribution < 1.29 is 14.3 Å². The van der Waals surface area contributed by atoms with E-state index in [1.54, 1.807) is 12.4 Å². The maximum Gasteiger partial charge on any atom is 0.225 e. The van der Waals surface area contributed by atoms with Gasteiger partial charge in [0, 0.05) is 38.4 Å². The Morgan fingerprint density at radius 3 is 2.50 bits per heavy atom. The standard InChI is InChI=1S/C24H29N3O3/c28-22(7-6-20-8-13-25-14-9-20)26-15-11-24(12-16-26)19-27(23(29)10-17-30-24)18-21-4-2-1-3-5-21/h1-5,8-9,13-14H,6-7,10-12,15-19H2. The Labute approximate surface area is 177 Å². The third kappa shape index (κ3) is 5.05. The second-order valence-corrected chi connectivity index (χ2v) is 8.25. The summed E-state index contributed by atoms with van der Waals surface area (Å²) in [7, 11) is 0. The maximum atomic E-state index is 12.7. The van der Waals surface area contributed by atoms with Crippen molar-refractivity contribution in [2.45, 2.75) is 44.2 Å². The van der Waals surface area contributed by atoms with Crippen LogP contribution in [0.1, 0.15) is 36.8 Å². The van der Waals surface area contributed by atoms with Gasteiger partial charge in [-0.05, 0) is 42.5 Å². The molecule has 1 aromatic heterocycles. The van der Waals surface area contributed by atoms with Crippen LogP contribution in [0.15, 0.2) is 54.9 Å². The average Bonchev–Trinajstić information content (AvgIpc) is 2.93. The van der Waals surface area contributed by atoms with Gasteiger partial charge in [-0.1, -0.05) is 30.3 Å². The number of likely N-dealkylation sites (tertiary alicyclic amines) is 1. The number of piperidine rings is 1. The fraction of sp³-hybridized carbons (Fsp3) is 0.458. The van der Waals surface area contributed by atoms with Gasteiger partial charge in [0.05, 0.1) is 25.2 Å². The van der Waals surface area contributed by atoms with Crippen LogP contribution in [-0.4, -0.2) is 58.4 Å². The molecule has 2 saturated heterocycles. The number of carbonyl (C=O) groups excluding carboxylic acids is 2. The molecule has 2 aliphatic heterocycles.